The third kappa shape index (κ3) is 3.36. The fourth-order valence-corrected chi connectivity index (χ4v) is 1.87. The summed E-state index contributed by atoms with van der Waals surface area (Å²) in [4.78, 5) is 11.9. The molecule has 0 fully saturated rings. The number of carbonyl (C=O) groups is 1. The molecular weight excluding hydrogens is 290 g/mol. The predicted octanol–water partition coefficient (Wildman–Crippen LogP) is 3.97. The first-order chi connectivity index (χ1) is 8.95. The second kappa shape index (κ2) is 5.47. The number of halogens is 3. The van der Waals surface area contributed by atoms with Gasteiger partial charge in [-0.2, -0.15) is 0 Å². The highest BCUT2D eigenvalue weighted by Crippen LogP contribution is 2.26. The highest BCUT2D eigenvalue weighted by atomic mass is 35.5. The van der Waals surface area contributed by atoms with Crippen LogP contribution in [-0.4, -0.2) is 5.91 Å². The van der Waals surface area contributed by atoms with E-state index in [-0.39, 0.29) is 11.3 Å². The number of carbonyl (C=O) groups excluding carboxylic acids is 1. The van der Waals surface area contributed by atoms with E-state index in [4.69, 9.17) is 28.9 Å². The van der Waals surface area contributed by atoms with Crippen LogP contribution >= 0.6 is 23.2 Å². The zero-order valence-electron chi connectivity index (χ0n) is 9.58. The van der Waals surface area contributed by atoms with E-state index < -0.39 is 11.7 Å². The fraction of sp³-hybridized carbons (Fsp3) is 0. The van der Waals surface area contributed by atoms with Gasteiger partial charge in [0.25, 0.3) is 5.91 Å². The van der Waals surface area contributed by atoms with Crippen LogP contribution in [0.5, 0.6) is 0 Å². The van der Waals surface area contributed by atoms with Crippen molar-refractivity contribution in [1.29, 1.82) is 0 Å². The Balaban J connectivity index is 2.28. The molecule has 1 amide bonds. The number of rotatable bonds is 2. The Morgan fingerprint density at radius 3 is 2.58 bits per heavy atom. The number of nitrogens with one attached hydrogen (secondary N) is 1. The van der Waals surface area contributed by atoms with Gasteiger partial charge in [-0.25, -0.2) is 4.39 Å². The summed E-state index contributed by atoms with van der Waals surface area (Å²) in [7, 11) is 0. The average molecular weight is 299 g/mol. The maximum Gasteiger partial charge on any atom is 0.255 e. The van der Waals surface area contributed by atoms with E-state index in [1.54, 1.807) is 12.1 Å². The molecule has 98 valence electrons. The van der Waals surface area contributed by atoms with Crippen LogP contribution in [0.15, 0.2) is 36.4 Å². The van der Waals surface area contributed by atoms with Crippen molar-refractivity contribution in [1.82, 2.24) is 0 Å². The summed E-state index contributed by atoms with van der Waals surface area (Å²) in [5, 5.41) is 3.31. The summed E-state index contributed by atoms with van der Waals surface area (Å²) in [6.07, 6.45) is 0. The molecule has 0 atom stereocenters. The molecule has 0 unspecified atom stereocenters. The molecule has 0 heterocycles. The SMILES string of the molecule is Nc1cc(F)cc(C(=O)Nc2cc(Cl)ccc2Cl)c1. The fourth-order valence-electron chi connectivity index (χ4n) is 1.53. The van der Waals surface area contributed by atoms with E-state index in [1.807, 2.05) is 0 Å². The summed E-state index contributed by atoms with van der Waals surface area (Å²) in [5.41, 5.74) is 6.10. The van der Waals surface area contributed by atoms with Crippen LogP contribution in [0.4, 0.5) is 15.8 Å². The van der Waals surface area contributed by atoms with Crippen molar-refractivity contribution >= 4 is 40.5 Å². The van der Waals surface area contributed by atoms with E-state index in [2.05, 4.69) is 5.32 Å². The first-order valence-corrected chi connectivity index (χ1v) is 6.04. The van der Waals surface area contributed by atoms with Crippen molar-refractivity contribution in [3.05, 3.63) is 57.8 Å². The monoisotopic (exact) mass is 298 g/mol. The van der Waals surface area contributed by atoms with Gasteiger partial charge in [0.1, 0.15) is 5.82 Å². The lowest BCUT2D eigenvalue weighted by Gasteiger charge is -2.08. The van der Waals surface area contributed by atoms with Crippen LogP contribution in [0.2, 0.25) is 10.0 Å². The van der Waals surface area contributed by atoms with Gasteiger partial charge in [-0.1, -0.05) is 23.2 Å². The maximum absolute atomic E-state index is 13.2. The maximum atomic E-state index is 13.2. The van der Waals surface area contributed by atoms with Gasteiger partial charge in [0, 0.05) is 16.3 Å². The highest BCUT2D eigenvalue weighted by molar-refractivity contribution is 6.35. The molecule has 3 N–H and O–H groups in total. The zero-order valence-corrected chi connectivity index (χ0v) is 11.1. The molecule has 2 aromatic rings. The highest BCUT2D eigenvalue weighted by Gasteiger charge is 2.10. The summed E-state index contributed by atoms with van der Waals surface area (Å²) in [6.45, 7) is 0. The third-order valence-electron chi connectivity index (χ3n) is 2.36. The number of amides is 1. The smallest absolute Gasteiger partial charge is 0.255 e. The number of nitrogen functional groups attached to an aromatic ring is 1. The van der Waals surface area contributed by atoms with Crippen LogP contribution < -0.4 is 11.1 Å². The Labute approximate surface area is 119 Å². The van der Waals surface area contributed by atoms with Gasteiger partial charge in [-0.15, -0.1) is 0 Å². The number of anilines is 2. The molecule has 0 aliphatic rings. The first kappa shape index (κ1) is 13.6. The van der Waals surface area contributed by atoms with Gasteiger partial charge < -0.3 is 11.1 Å². The Hall–Kier alpha value is -1.78. The molecule has 0 aliphatic heterocycles. The molecule has 0 aliphatic carbocycles. The Morgan fingerprint density at radius 1 is 1.16 bits per heavy atom. The van der Waals surface area contributed by atoms with Crippen molar-refractivity contribution in [2.24, 2.45) is 0 Å². The van der Waals surface area contributed by atoms with Gasteiger partial charge in [-0.3, -0.25) is 4.79 Å². The van der Waals surface area contributed by atoms with Gasteiger partial charge in [0.2, 0.25) is 0 Å². The molecule has 2 rings (SSSR count). The van der Waals surface area contributed by atoms with Crippen molar-refractivity contribution in [3.8, 4) is 0 Å². The van der Waals surface area contributed by atoms with E-state index in [9.17, 15) is 9.18 Å². The van der Waals surface area contributed by atoms with Crippen molar-refractivity contribution in [2.45, 2.75) is 0 Å². The Bertz CT molecular complexity index is 626. The van der Waals surface area contributed by atoms with Crippen LogP contribution in [0.1, 0.15) is 10.4 Å². The lowest BCUT2D eigenvalue weighted by molar-refractivity contribution is 0.102. The van der Waals surface area contributed by atoms with Crippen LogP contribution in [0.3, 0.4) is 0 Å². The zero-order chi connectivity index (χ0) is 14.0. The quantitative estimate of drug-likeness (QED) is 0.824. The lowest BCUT2D eigenvalue weighted by atomic mass is 10.1. The largest absolute Gasteiger partial charge is 0.399 e. The van der Waals surface area contributed by atoms with Crippen molar-refractivity contribution < 1.29 is 9.18 Å². The minimum absolute atomic E-state index is 0.105. The van der Waals surface area contributed by atoms with Gasteiger partial charge in [-0.05, 0) is 36.4 Å². The molecule has 6 heteroatoms. The van der Waals surface area contributed by atoms with Gasteiger partial charge in [0.05, 0.1) is 10.7 Å². The summed E-state index contributed by atoms with van der Waals surface area (Å²) < 4.78 is 13.2. The van der Waals surface area contributed by atoms with Crippen molar-refractivity contribution in [3.63, 3.8) is 0 Å². The summed E-state index contributed by atoms with van der Waals surface area (Å²) in [5.74, 6) is -1.10. The number of nitrogens with two attached hydrogens (primary N) is 1. The second-order valence-corrected chi connectivity index (χ2v) is 4.70. The Morgan fingerprint density at radius 2 is 1.89 bits per heavy atom. The second-order valence-electron chi connectivity index (χ2n) is 3.85. The van der Waals surface area contributed by atoms with E-state index in [0.717, 1.165) is 12.1 Å². The van der Waals surface area contributed by atoms with Gasteiger partial charge in [0.15, 0.2) is 0 Å². The number of hydrogen-bond acceptors (Lipinski definition) is 2. The minimum Gasteiger partial charge on any atom is -0.399 e. The Kier molecular flexibility index (Phi) is 3.93. The summed E-state index contributed by atoms with van der Waals surface area (Å²) >= 11 is 11.7. The first-order valence-electron chi connectivity index (χ1n) is 5.28. The number of hydrogen-bond donors (Lipinski definition) is 2. The van der Waals surface area contributed by atoms with Crippen molar-refractivity contribution in [2.75, 3.05) is 11.1 Å². The number of benzene rings is 2. The van der Waals surface area contributed by atoms with E-state index in [1.165, 1.54) is 12.1 Å². The van der Waals surface area contributed by atoms with Crippen LogP contribution in [0, 0.1) is 5.82 Å². The molecule has 0 saturated heterocycles. The van der Waals surface area contributed by atoms with Crippen LogP contribution in [-0.2, 0) is 0 Å². The van der Waals surface area contributed by atoms with E-state index in [0.29, 0.717) is 15.7 Å². The van der Waals surface area contributed by atoms with E-state index >= 15 is 0 Å². The standard InChI is InChI=1S/C13H9Cl2FN2O/c14-8-1-2-11(15)12(5-8)18-13(19)7-3-9(16)6-10(17)4-7/h1-6H,17H2,(H,18,19). The average Bonchev–Trinajstić information content (AvgIpc) is 2.32. The lowest BCUT2D eigenvalue weighted by Crippen LogP contribution is -2.13. The molecule has 0 bridgehead atoms. The molecule has 0 spiro atoms. The van der Waals surface area contributed by atoms with Gasteiger partial charge >= 0.3 is 0 Å². The van der Waals surface area contributed by atoms with Crippen LogP contribution in [0.25, 0.3) is 0 Å². The summed E-state index contributed by atoms with van der Waals surface area (Å²) in [6, 6.07) is 8.24. The molecular formula is C13H9Cl2FN2O. The molecule has 0 saturated carbocycles. The normalized spacial score (nSPS) is 10.3. The molecule has 0 aromatic heterocycles. The topological polar surface area (TPSA) is 55.1 Å². The minimum atomic E-state index is -0.581. The molecule has 0 radical (unpaired) electrons. The molecule has 19 heavy (non-hydrogen) atoms. The molecule has 2 aromatic carbocycles. The third-order valence-corrected chi connectivity index (χ3v) is 2.92. The molecule has 3 nitrogen and oxygen atoms in total. The predicted molar refractivity (Wildman–Crippen MR) is 75.2 cm³/mol.